The maximum atomic E-state index is 11.7. The predicted octanol–water partition coefficient (Wildman–Crippen LogP) is 1.09. The summed E-state index contributed by atoms with van der Waals surface area (Å²) in [6, 6.07) is 0. The third-order valence-corrected chi connectivity index (χ3v) is 3.82. The van der Waals surface area contributed by atoms with Crippen molar-refractivity contribution in [2.24, 2.45) is 0 Å². The van der Waals surface area contributed by atoms with Gasteiger partial charge in [0.15, 0.2) is 5.78 Å². The molecule has 1 aromatic rings. The molecule has 1 aromatic heterocycles. The van der Waals surface area contributed by atoms with E-state index in [9.17, 15) is 4.79 Å². The number of carbonyl (C=O) groups excluding carboxylic acids is 1. The summed E-state index contributed by atoms with van der Waals surface area (Å²) >= 11 is 1.90. The first-order valence-corrected chi connectivity index (χ1v) is 5.87. The summed E-state index contributed by atoms with van der Waals surface area (Å²) < 4.78 is 1.73. The van der Waals surface area contributed by atoms with Crippen LogP contribution < -0.4 is 0 Å². The number of hydrogen-bond donors (Lipinski definition) is 0. The van der Waals surface area contributed by atoms with Gasteiger partial charge in [-0.05, 0) is 31.3 Å². The van der Waals surface area contributed by atoms with Crippen LogP contribution >= 0.6 is 11.8 Å². The minimum atomic E-state index is -0.415. The van der Waals surface area contributed by atoms with Crippen LogP contribution in [0.3, 0.4) is 0 Å². The van der Waals surface area contributed by atoms with Gasteiger partial charge in [0, 0.05) is 6.20 Å². The number of hydrogen-bond acceptors (Lipinski definition) is 4. The van der Waals surface area contributed by atoms with Crippen LogP contribution in [-0.4, -0.2) is 32.3 Å². The Balaban J connectivity index is 2.35. The van der Waals surface area contributed by atoms with Gasteiger partial charge in [0.05, 0.1) is 6.20 Å². The smallest absolute Gasteiger partial charge is 0.157 e. The molecule has 1 saturated heterocycles. The van der Waals surface area contributed by atoms with Crippen LogP contribution in [0.1, 0.15) is 19.8 Å². The first-order chi connectivity index (χ1) is 6.76. The fourth-order valence-electron chi connectivity index (χ4n) is 1.89. The summed E-state index contributed by atoms with van der Waals surface area (Å²) in [5.41, 5.74) is -0.415. The van der Waals surface area contributed by atoms with Crippen molar-refractivity contribution in [3.8, 4) is 0 Å². The third kappa shape index (κ3) is 1.45. The predicted molar refractivity (Wildman–Crippen MR) is 55.2 cm³/mol. The Bertz CT molecular complexity index is 317. The second-order valence-corrected chi connectivity index (χ2v) is 4.77. The van der Waals surface area contributed by atoms with Crippen molar-refractivity contribution in [3.05, 3.63) is 12.4 Å². The van der Waals surface area contributed by atoms with E-state index in [0.29, 0.717) is 0 Å². The summed E-state index contributed by atoms with van der Waals surface area (Å²) in [6.07, 6.45) is 5.16. The molecule has 0 radical (unpaired) electrons. The summed E-state index contributed by atoms with van der Waals surface area (Å²) in [5, 5.41) is 7.75. The SMILES string of the molecule is CC(=O)C1(n2ccnn2)CCSCC1. The maximum absolute atomic E-state index is 11.7. The van der Waals surface area contributed by atoms with Crippen molar-refractivity contribution >= 4 is 17.5 Å². The van der Waals surface area contributed by atoms with Gasteiger partial charge in [-0.1, -0.05) is 5.21 Å². The van der Waals surface area contributed by atoms with Crippen LogP contribution in [0.5, 0.6) is 0 Å². The molecule has 0 bridgehead atoms. The summed E-state index contributed by atoms with van der Waals surface area (Å²) in [7, 11) is 0. The van der Waals surface area contributed by atoms with Gasteiger partial charge in [-0.2, -0.15) is 11.8 Å². The number of ketones is 1. The van der Waals surface area contributed by atoms with Gasteiger partial charge in [0.1, 0.15) is 5.54 Å². The number of rotatable bonds is 2. The molecule has 0 saturated carbocycles. The molecule has 0 aliphatic carbocycles. The Hall–Kier alpha value is -0.840. The molecule has 1 aliphatic rings. The van der Waals surface area contributed by atoms with Crippen LogP contribution in [-0.2, 0) is 10.3 Å². The highest BCUT2D eigenvalue weighted by atomic mass is 32.2. The fourth-order valence-corrected chi connectivity index (χ4v) is 3.06. The summed E-state index contributed by atoms with van der Waals surface area (Å²) in [6.45, 7) is 1.65. The Labute approximate surface area is 87.1 Å². The topological polar surface area (TPSA) is 47.8 Å². The van der Waals surface area contributed by atoms with E-state index in [2.05, 4.69) is 10.3 Å². The van der Waals surface area contributed by atoms with Crippen molar-refractivity contribution in [2.75, 3.05) is 11.5 Å². The molecule has 0 aromatic carbocycles. The highest BCUT2D eigenvalue weighted by molar-refractivity contribution is 7.99. The Kier molecular flexibility index (Phi) is 2.58. The first kappa shape index (κ1) is 9.71. The Morgan fingerprint density at radius 3 is 2.71 bits per heavy atom. The van der Waals surface area contributed by atoms with Crippen molar-refractivity contribution in [2.45, 2.75) is 25.3 Å². The molecule has 0 spiro atoms. The summed E-state index contributed by atoms with van der Waals surface area (Å²) in [4.78, 5) is 11.7. The van der Waals surface area contributed by atoms with E-state index >= 15 is 0 Å². The second kappa shape index (κ2) is 3.73. The molecule has 1 fully saturated rings. The van der Waals surface area contributed by atoms with Crippen LogP contribution in [0.15, 0.2) is 12.4 Å². The number of thioether (sulfide) groups is 1. The van der Waals surface area contributed by atoms with Crippen LogP contribution in [0.4, 0.5) is 0 Å². The lowest BCUT2D eigenvalue weighted by Gasteiger charge is -2.34. The van der Waals surface area contributed by atoms with Gasteiger partial charge in [0.25, 0.3) is 0 Å². The van der Waals surface area contributed by atoms with E-state index in [1.165, 1.54) is 0 Å². The maximum Gasteiger partial charge on any atom is 0.157 e. The standard InChI is InChI=1S/C9H13N3OS/c1-8(13)9(2-6-14-7-3-9)12-5-4-10-11-12/h4-5H,2-3,6-7H2,1H3. The molecule has 0 unspecified atom stereocenters. The third-order valence-electron chi connectivity index (χ3n) is 2.84. The lowest BCUT2D eigenvalue weighted by Crippen LogP contribution is -2.44. The average molecular weight is 211 g/mol. The molecule has 2 heterocycles. The van der Waals surface area contributed by atoms with Crippen molar-refractivity contribution in [1.29, 1.82) is 0 Å². The lowest BCUT2D eigenvalue weighted by atomic mass is 9.88. The zero-order valence-corrected chi connectivity index (χ0v) is 8.96. The Morgan fingerprint density at radius 1 is 1.50 bits per heavy atom. The van der Waals surface area contributed by atoms with E-state index in [0.717, 1.165) is 24.3 Å². The van der Waals surface area contributed by atoms with E-state index in [1.54, 1.807) is 24.0 Å². The highest BCUT2D eigenvalue weighted by Gasteiger charge is 2.39. The largest absolute Gasteiger partial charge is 0.297 e. The first-order valence-electron chi connectivity index (χ1n) is 4.71. The second-order valence-electron chi connectivity index (χ2n) is 3.55. The van der Waals surface area contributed by atoms with Crippen LogP contribution in [0, 0.1) is 0 Å². The quantitative estimate of drug-likeness (QED) is 0.734. The van der Waals surface area contributed by atoms with Crippen molar-refractivity contribution in [3.63, 3.8) is 0 Å². The molecule has 4 nitrogen and oxygen atoms in total. The zero-order valence-electron chi connectivity index (χ0n) is 8.14. The van der Waals surface area contributed by atoms with Gasteiger partial charge >= 0.3 is 0 Å². The normalized spacial score (nSPS) is 20.6. The number of carbonyl (C=O) groups is 1. The van der Waals surface area contributed by atoms with E-state index in [4.69, 9.17) is 0 Å². The van der Waals surface area contributed by atoms with Gasteiger partial charge < -0.3 is 0 Å². The molecule has 1 aliphatic heterocycles. The lowest BCUT2D eigenvalue weighted by molar-refractivity contribution is -0.126. The van der Waals surface area contributed by atoms with Gasteiger partial charge in [0.2, 0.25) is 0 Å². The highest BCUT2D eigenvalue weighted by Crippen LogP contribution is 2.33. The number of aromatic nitrogens is 3. The molecular weight excluding hydrogens is 198 g/mol. The molecule has 0 N–H and O–H groups in total. The molecule has 0 amide bonds. The molecule has 0 atom stereocenters. The summed E-state index contributed by atoms with van der Waals surface area (Å²) in [5.74, 6) is 2.25. The van der Waals surface area contributed by atoms with Crippen molar-refractivity contribution in [1.82, 2.24) is 15.0 Å². The van der Waals surface area contributed by atoms with E-state index in [-0.39, 0.29) is 5.78 Å². The average Bonchev–Trinajstić information content (AvgIpc) is 2.72. The molecule has 5 heteroatoms. The van der Waals surface area contributed by atoms with E-state index in [1.807, 2.05) is 11.8 Å². The minimum Gasteiger partial charge on any atom is -0.297 e. The minimum absolute atomic E-state index is 0.198. The van der Waals surface area contributed by atoms with Gasteiger partial charge in [-0.25, -0.2) is 4.68 Å². The van der Waals surface area contributed by atoms with Crippen LogP contribution in [0.2, 0.25) is 0 Å². The molecule has 14 heavy (non-hydrogen) atoms. The fraction of sp³-hybridized carbons (Fsp3) is 0.667. The monoisotopic (exact) mass is 211 g/mol. The number of nitrogens with zero attached hydrogens (tertiary/aromatic N) is 3. The zero-order chi connectivity index (χ0) is 10.0. The van der Waals surface area contributed by atoms with Crippen LogP contribution in [0.25, 0.3) is 0 Å². The molecular formula is C9H13N3OS. The van der Waals surface area contributed by atoms with Gasteiger partial charge in [-0.3, -0.25) is 4.79 Å². The van der Waals surface area contributed by atoms with Gasteiger partial charge in [-0.15, -0.1) is 5.10 Å². The Morgan fingerprint density at radius 2 is 2.21 bits per heavy atom. The molecule has 76 valence electrons. The van der Waals surface area contributed by atoms with Crippen molar-refractivity contribution < 1.29 is 4.79 Å². The molecule has 2 rings (SSSR count). The van der Waals surface area contributed by atoms with E-state index < -0.39 is 5.54 Å². The number of Topliss-reactive ketones (excluding diaryl/α,β-unsaturated/α-hetero) is 1.